The van der Waals surface area contributed by atoms with Crippen molar-refractivity contribution >= 4 is 23.3 Å². The normalized spacial score (nSPS) is 46.2. The third-order valence-corrected chi connectivity index (χ3v) is 9.14. The number of carbonyl (C=O) groups excluding carboxylic acids is 4. The standard InChI is InChI=1S/C25H31FO7/c1-5-21(31)33-12-20(30)25(32)13(2)8-15-16-10-18(28)17-9-14(27)6-7-22(17,3)24(16,26)19(29)11-23(15,25)4/h6-7,9,13,15-16,19,29,32H,5,8,10-12H2,1-4H3/t13?,15-,16-,19?,22-,23-,24-,25-/m0/s1. The average molecular weight is 463 g/mol. The molecule has 2 unspecified atom stereocenters. The summed E-state index contributed by atoms with van der Waals surface area (Å²) < 4.78 is 22.1. The lowest BCUT2D eigenvalue weighted by molar-refractivity contribution is -0.218. The molecule has 180 valence electrons. The fraction of sp³-hybridized carbons (Fsp3) is 0.680. The molecule has 4 aliphatic rings. The van der Waals surface area contributed by atoms with Crippen molar-refractivity contribution in [1.29, 1.82) is 0 Å². The maximum Gasteiger partial charge on any atom is 0.305 e. The first-order chi connectivity index (χ1) is 15.3. The van der Waals surface area contributed by atoms with E-state index in [0.29, 0.717) is 0 Å². The van der Waals surface area contributed by atoms with Crippen molar-refractivity contribution in [3.63, 3.8) is 0 Å². The fourth-order valence-corrected chi connectivity index (χ4v) is 7.33. The van der Waals surface area contributed by atoms with E-state index in [9.17, 15) is 29.4 Å². The molecule has 0 aromatic carbocycles. The maximum atomic E-state index is 17.1. The highest BCUT2D eigenvalue weighted by atomic mass is 19.1. The molecule has 4 aliphatic carbocycles. The summed E-state index contributed by atoms with van der Waals surface area (Å²) in [5.74, 6) is -4.16. The van der Waals surface area contributed by atoms with Gasteiger partial charge in [0, 0.05) is 29.7 Å². The quantitative estimate of drug-likeness (QED) is 0.614. The molecule has 0 amide bonds. The predicted octanol–water partition coefficient (Wildman–Crippen LogP) is 2.04. The number of Topliss-reactive ketones (excluding diaryl/α,β-unsaturated/α-hetero) is 2. The monoisotopic (exact) mass is 462 g/mol. The van der Waals surface area contributed by atoms with Gasteiger partial charge in [0.15, 0.2) is 23.8 Å². The number of ether oxygens (including phenoxy) is 1. The fourth-order valence-electron chi connectivity index (χ4n) is 7.33. The molecule has 3 saturated carbocycles. The van der Waals surface area contributed by atoms with Gasteiger partial charge in [-0.15, -0.1) is 0 Å². The molecule has 0 bridgehead atoms. The molecule has 8 atom stereocenters. The van der Waals surface area contributed by atoms with Gasteiger partial charge in [-0.05, 0) is 43.8 Å². The first kappa shape index (κ1) is 24.0. The maximum absolute atomic E-state index is 17.1. The third kappa shape index (κ3) is 2.86. The van der Waals surface area contributed by atoms with Crippen molar-refractivity contribution in [1.82, 2.24) is 0 Å². The Morgan fingerprint density at radius 2 is 1.91 bits per heavy atom. The number of fused-ring (bicyclic) bond motifs is 5. The number of allylic oxidation sites excluding steroid dienone is 4. The van der Waals surface area contributed by atoms with E-state index in [2.05, 4.69) is 0 Å². The Labute approximate surface area is 192 Å². The van der Waals surface area contributed by atoms with E-state index in [-0.39, 0.29) is 37.0 Å². The highest BCUT2D eigenvalue weighted by Gasteiger charge is 2.76. The number of alkyl halides is 1. The summed E-state index contributed by atoms with van der Waals surface area (Å²) in [4.78, 5) is 49.7. The molecule has 8 heteroatoms. The number of hydrogen-bond donors (Lipinski definition) is 2. The summed E-state index contributed by atoms with van der Waals surface area (Å²) in [6.45, 7) is 5.85. The van der Waals surface area contributed by atoms with E-state index < -0.39 is 70.1 Å². The van der Waals surface area contributed by atoms with Gasteiger partial charge < -0.3 is 14.9 Å². The van der Waals surface area contributed by atoms with Crippen LogP contribution in [-0.4, -0.2) is 57.5 Å². The number of hydrogen-bond acceptors (Lipinski definition) is 7. The molecular formula is C25H31FO7. The second-order valence-corrected chi connectivity index (χ2v) is 10.6. The van der Waals surface area contributed by atoms with E-state index in [1.165, 1.54) is 19.1 Å². The van der Waals surface area contributed by atoms with Gasteiger partial charge in [0.25, 0.3) is 0 Å². The minimum absolute atomic E-state index is 0.0558. The van der Waals surface area contributed by atoms with Crippen LogP contribution in [0.3, 0.4) is 0 Å². The molecule has 33 heavy (non-hydrogen) atoms. The predicted molar refractivity (Wildman–Crippen MR) is 114 cm³/mol. The topological polar surface area (TPSA) is 118 Å². The van der Waals surface area contributed by atoms with Gasteiger partial charge in [-0.25, -0.2) is 4.39 Å². The molecule has 0 aliphatic heterocycles. The molecule has 0 saturated heterocycles. The second kappa shape index (κ2) is 7.40. The van der Waals surface area contributed by atoms with Crippen LogP contribution in [0, 0.1) is 28.6 Å². The zero-order valence-corrected chi connectivity index (χ0v) is 19.4. The first-order valence-electron chi connectivity index (χ1n) is 11.5. The average Bonchev–Trinajstić information content (AvgIpc) is 2.96. The molecule has 3 fully saturated rings. The van der Waals surface area contributed by atoms with Crippen LogP contribution in [0.15, 0.2) is 23.8 Å². The highest BCUT2D eigenvalue weighted by Crippen LogP contribution is 2.70. The lowest BCUT2D eigenvalue weighted by Crippen LogP contribution is -2.70. The number of aliphatic hydroxyl groups excluding tert-OH is 1. The third-order valence-electron chi connectivity index (χ3n) is 9.14. The molecule has 0 heterocycles. The van der Waals surface area contributed by atoms with Gasteiger partial charge in [-0.2, -0.15) is 0 Å². The van der Waals surface area contributed by atoms with Crippen molar-refractivity contribution in [3.8, 4) is 0 Å². The number of ketones is 3. The van der Waals surface area contributed by atoms with E-state index in [4.69, 9.17) is 4.74 Å². The molecular weight excluding hydrogens is 431 g/mol. The largest absolute Gasteiger partial charge is 0.458 e. The smallest absolute Gasteiger partial charge is 0.305 e. The SMILES string of the molecule is CCC(=O)OCC(=O)[C@@]1(O)C(C)C[C@H]2[C@@H]3CC(=O)C4=CC(=O)C=C[C@]4(C)[C@@]3(F)C(O)C[C@@]21C. The number of carbonyl (C=O) groups is 4. The summed E-state index contributed by atoms with van der Waals surface area (Å²) >= 11 is 0. The molecule has 7 nitrogen and oxygen atoms in total. The first-order valence-corrected chi connectivity index (χ1v) is 11.5. The van der Waals surface area contributed by atoms with Crippen LogP contribution in [-0.2, 0) is 23.9 Å². The van der Waals surface area contributed by atoms with Crippen LogP contribution in [0.5, 0.6) is 0 Å². The van der Waals surface area contributed by atoms with Crippen molar-refractivity contribution < 1.29 is 38.5 Å². The van der Waals surface area contributed by atoms with Crippen LogP contribution in [0.2, 0.25) is 0 Å². The molecule has 2 N–H and O–H groups in total. The second-order valence-electron chi connectivity index (χ2n) is 10.6. The Balaban J connectivity index is 1.77. The van der Waals surface area contributed by atoms with Crippen molar-refractivity contribution in [2.75, 3.05) is 6.61 Å². The molecule has 0 radical (unpaired) electrons. The van der Waals surface area contributed by atoms with Crippen LogP contribution >= 0.6 is 0 Å². The van der Waals surface area contributed by atoms with Crippen molar-refractivity contribution in [2.45, 2.75) is 70.8 Å². The molecule has 4 rings (SSSR count). The van der Waals surface area contributed by atoms with Gasteiger partial charge in [-0.1, -0.05) is 26.8 Å². The van der Waals surface area contributed by atoms with Crippen LogP contribution < -0.4 is 0 Å². The Hall–Kier alpha value is -2.19. The summed E-state index contributed by atoms with van der Waals surface area (Å²) in [6, 6.07) is 0. The lowest BCUT2D eigenvalue weighted by atomic mass is 9.44. The van der Waals surface area contributed by atoms with Crippen LogP contribution in [0.4, 0.5) is 4.39 Å². The van der Waals surface area contributed by atoms with Gasteiger partial charge >= 0.3 is 5.97 Å². The number of esters is 1. The highest BCUT2D eigenvalue weighted by molar-refractivity contribution is 6.10. The Kier molecular flexibility index (Phi) is 5.37. The molecule has 0 aromatic rings. The minimum Gasteiger partial charge on any atom is -0.458 e. The minimum atomic E-state index is -2.25. The summed E-state index contributed by atoms with van der Waals surface area (Å²) in [7, 11) is 0. The van der Waals surface area contributed by atoms with Crippen LogP contribution in [0.25, 0.3) is 0 Å². The van der Waals surface area contributed by atoms with Crippen molar-refractivity contribution in [3.05, 3.63) is 23.8 Å². The van der Waals surface area contributed by atoms with E-state index in [1.54, 1.807) is 20.8 Å². The number of aliphatic hydroxyl groups is 2. The number of rotatable bonds is 4. The summed E-state index contributed by atoms with van der Waals surface area (Å²) in [5, 5.41) is 23.0. The molecule has 0 aromatic heterocycles. The van der Waals surface area contributed by atoms with Crippen LogP contribution in [0.1, 0.15) is 53.4 Å². The van der Waals surface area contributed by atoms with Gasteiger partial charge in [0.1, 0.15) is 5.60 Å². The van der Waals surface area contributed by atoms with E-state index in [0.717, 1.165) is 6.08 Å². The van der Waals surface area contributed by atoms with Crippen molar-refractivity contribution in [2.24, 2.45) is 28.6 Å². The van der Waals surface area contributed by atoms with E-state index in [1.807, 2.05) is 0 Å². The molecule has 0 spiro atoms. The number of halogens is 1. The summed E-state index contributed by atoms with van der Waals surface area (Å²) in [5.41, 5.74) is -6.87. The summed E-state index contributed by atoms with van der Waals surface area (Å²) in [6.07, 6.45) is 2.08. The van der Waals surface area contributed by atoms with Gasteiger partial charge in [0.2, 0.25) is 5.78 Å². The van der Waals surface area contributed by atoms with Gasteiger partial charge in [-0.3, -0.25) is 19.2 Å². The zero-order chi connectivity index (χ0) is 24.6. The zero-order valence-electron chi connectivity index (χ0n) is 19.4. The van der Waals surface area contributed by atoms with E-state index >= 15 is 4.39 Å². The van der Waals surface area contributed by atoms with Gasteiger partial charge in [0.05, 0.1) is 11.5 Å². The Morgan fingerprint density at radius 3 is 2.55 bits per heavy atom. The lowest BCUT2D eigenvalue weighted by Gasteiger charge is -2.62. The Bertz CT molecular complexity index is 1000. The Morgan fingerprint density at radius 1 is 1.24 bits per heavy atom.